The lowest BCUT2D eigenvalue weighted by Gasteiger charge is -2.04. The Morgan fingerprint density at radius 2 is 2.17 bits per heavy atom. The summed E-state index contributed by atoms with van der Waals surface area (Å²) in [6.07, 6.45) is -4.44. The van der Waals surface area contributed by atoms with Crippen LogP contribution in [0.4, 0.5) is 13.2 Å². The van der Waals surface area contributed by atoms with Crippen LogP contribution in [0.3, 0.4) is 0 Å². The van der Waals surface area contributed by atoms with Crippen LogP contribution in [0.5, 0.6) is 0 Å². The molecular weight excluding hydrogens is 209 g/mol. The van der Waals surface area contributed by atoms with Gasteiger partial charge in [0.1, 0.15) is 0 Å². The second-order valence-electron chi connectivity index (χ2n) is 1.89. The molecule has 0 radical (unpaired) electrons. The fourth-order valence-electron chi connectivity index (χ4n) is 0.480. The average molecular weight is 212 g/mol. The lowest BCUT2D eigenvalue weighted by atomic mass is 10.3. The third-order valence-corrected chi connectivity index (χ3v) is 2.19. The normalized spacial score (nSPS) is 11.6. The van der Waals surface area contributed by atoms with Crippen molar-refractivity contribution < 1.29 is 13.2 Å². The molecule has 1 aromatic rings. The number of nitrogens with one attached hydrogen (secondary N) is 1. The molecule has 0 unspecified atom stereocenters. The zero-order chi connectivity index (χ0) is 9.35. The van der Waals surface area contributed by atoms with Gasteiger partial charge in [-0.25, -0.2) is 0 Å². The molecule has 0 saturated carbocycles. The van der Waals surface area contributed by atoms with Crippen molar-refractivity contribution >= 4 is 29.1 Å². The summed E-state index contributed by atoms with van der Waals surface area (Å²) in [7, 11) is 0. The Balaban J connectivity index is 3.01. The van der Waals surface area contributed by atoms with Crippen LogP contribution in [0.2, 0.25) is 0 Å². The van der Waals surface area contributed by atoms with Crippen molar-refractivity contribution in [1.82, 2.24) is 10.2 Å². The maximum atomic E-state index is 12.0. The highest BCUT2D eigenvalue weighted by Gasteiger charge is 2.34. The van der Waals surface area contributed by atoms with Gasteiger partial charge in [0.2, 0.25) is 0 Å². The van der Waals surface area contributed by atoms with Gasteiger partial charge in [0.25, 0.3) is 0 Å². The van der Waals surface area contributed by atoms with E-state index in [9.17, 15) is 13.2 Å². The van der Waals surface area contributed by atoms with E-state index in [1.807, 2.05) is 0 Å². The number of alkyl halides is 3. The molecule has 12 heavy (non-hydrogen) atoms. The lowest BCUT2D eigenvalue weighted by Crippen LogP contribution is -2.09. The third kappa shape index (κ3) is 1.92. The van der Waals surface area contributed by atoms with Crippen LogP contribution in [0.1, 0.15) is 5.01 Å². The van der Waals surface area contributed by atoms with Crippen molar-refractivity contribution in [1.29, 1.82) is 0 Å². The molecule has 66 valence electrons. The number of hydrogen-bond acceptors (Lipinski definition) is 3. The Bertz CT molecular complexity index is 348. The maximum absolute atomic E-state index is 12.0. The number of aromatic nitrogens is 2. The fourth-order valence-corrected chi connectivity index (χ4v) is 1.36. The highest BCUT2D eigenvalue weighted by molar-refractivity contribution is 7.73. The summed E-state index contributed by atoms with van der Waals surface area (Å²) in [5, 5.41) is 5.38. The van der Waals surface area contributed by atoms with Crippen LogP contribution in [0.15, 0.2) is 6.58 Å². The van der Waals surface area contributed by atoms with Crippen LogP contribution >= 0.6 is 23.6 Å². The van der Waals surface area contributed by atoms with E-state index < -0.39 is 11.7 Å². The average Bonchev–Trinajstić information content (AvgIpc) is 2.32. The number of rotatable bonds is 1. The van der Waals surface area contributed by atoms with Gasteiger partial charge in [-0.2, -0.15) is 18.3 Å². The van der Waals surface area contributed by atoms with Crippen LogP contribution in [-0.2, 0) is 0 Å². The summed E-state index contributed by atoms with van der Waals surface area (Å²) in [6, 6.07) is 0. The van der Waals surface area contributed by atoms with Crippen LogP contribution in [0, 0.1) is 3.95 Å². The van der Waals surface area contributed by atoms with Crippen molar-refractivity contribution in [3.05, 3.63) is 15.5 Å². The van der Waals surface area contributed by atoms with E-state index >= 15 is 0 Å². The monoisotopic (exact) mass is 212 g/mol. The summed E-state index contributed by atoms with van der Waals surface area (Å²) < 4.78 is 36.1. The van der Waals surface area contributed by atoms with E-state index in [-0.39, 0.29) is 8.96 Å². The molecule has 0 spiro atoms. The number of hydrogen-bond donors (Lipinski definition) is 1. The first-order valence-electron chi connectivity index (χ1n) is 2.73. The predicted octanol–water partition coefficient (Wildman–Crippen LogP) is 2.78. The van der Waals surface area contributed by atoms with Gasteiger partial charge >= 0.3 is 6.18 Å². The molecule has 0 aliphatic heterocycles. The summed E-state index contributed by atoms with van der Waals surface area (Å²) in [6.45, 7) is 2.87. The Kier molecular flexibility index (Phi) is 2.34. The van der Waals surface area contributed by atoms with E-state index in [0.717, 1.165) is 11.3 Å². The summed E-state index contributed by atoms with van der Waals surface area (Å²) >= 11 is 5.32. The minimum Gasteiger partial charge on any atom is -0.258 e. The first-order valence-corrected chi connectivity index (χ1v) is 3.95. The minimum atomic E-state index is -4.44. The topological polar surface area (TPSA) is 28.7 Å². The summed E-state index contributed by atoms with van der Waals surface area (Å²) in [5.74, 6) is 0. The maximum Gasteiger partial charge on any atom is 0.418 e. The van der Waals surface area contributed by atoms with Crippen LogP contribution in [0.25, 0.3) is 5.57 Å². The van der Waals surface area contributed by atoms with Gasteiger partial charge in [0, 0.05) is 0 Å². The van der Waals surface area contributed by atoms with Gasteiger partial charge < -0.3 is 0 Å². The Morgan fingerprint density at radius 3 is 2.50 bits per heavy atom. The molecule has 2 nitrogen and oxygen atoms in total. The minimum absolute atomic E-state index is 0.204. The molecular formula is C5H3F3N2S2. The first-order chi connectivity index (χ1) is 5.41. The molecule has 1 N–H and O–H groups in total. The molecule has 0 aromatic carbocycles. The Hall–Kier alpha value is -0.690. The van der Waals surface area contributed by atoms with Crippen LogP contribution < -0.4 is 0 Å². The molecule has 0 bridgehead atoms. The van der Waals surface area contributed by atoms with E-state index in [1.165, 1.54) is 0 Å². The van der Waals surface area contributed by atoms with E-state index in [2.05, 4.69) is 29.0 Å². The number of H-pyrrole nitrogens is 1. The number of nitrogens with zero attached hydrogens (tertiary/aromatic N) is 1. The van der Waals surface area contributed by atoms with Gasteiger partial charge in [0.05, 0.1) is 5.57 Å². The van der Waals surface area contributed by atoms with Crippen molar-refractivity contribution in [3.8, 4) is 0 Å². The van der Waals surface area contributed by atoms with E-state index in [4.69, 9.17) is 0 Å². The molecule has 1 rings (SSSR count). The molecule has 0 aliphatic rings. The Labute approximate surface area is 74.7 Å². The van der Waals surface area contributed by atoms with Crippen molar-refractivity contribution in [3.63, 3.8) is 0 Å². The molecule has 0 amide bonds. The fraction of sp³-hybridized carbons (Fsp3) is 0.200. The number of aromatic amines is 1. The van der Waals surface area contributed by atoms with Gasteiger partial charge in [-0.15, -0.1) is 0 Å². The molecule has 0 aliphatic carbocycles. The standard InChI is InChI=1S/C5H3F3N2S2/c1-2(5(6,7)8)3-9-10-4(11)12-3/h1H2,(H,10,11). The summed E-state index contributed by atoms with van der Waals surface area (Å²) in [5.41, 5.74) is -0.972. The molecule has 0 saturated heterocycles. The quantitative estimate of drug-likeness (QED) is 0.725. The lowest BCUT2D eigenvalue weighted by molar-refractivity contribution is -0.0687. The van der Waals surface area contributed by atoms with Crippen LogP contribution in [-0.4, -0.2) is 16.4 Å². The first kappa shape index (κ1) is 9.40. The Morgan fingerprint density at radius 1 is 1.58 bits per heavy atom. The van der Waals surface area contributed by atoms with Gasteiger partial charge in [0.15, 0.2) is 8.96 Å². The second kappa shape index (κ2) is 2.98. The number of halogens is 3. The van der Waals surface area contributed by atoms with Gasteiger partial charge in [-0.05, 0) is 12.2 Å². The zero-order valence-corrected chi connectivity index (χ0v) is 7.24. The van der Waals surface area contributed by atoms with Gasteiger partial charge in [-0.3, -0.25) is 5.10 Å². The smallest absolute Gasteiger partial charge is 0.258 e. The van der Waals surface area contributed by atoms with E-state index in [0.29, 0.717) is 0 Å². The van der Waals surface area contributed by atoms with Crippen molar-refractivity contribution in [2.24, 2.45) is 0 Å². The molecule has 1 aromatic heterocycles. The second-order valence-corrected chi connectivity index (χ2v) is 3.56. The van der Waals surface area contributed by atoms with E-state index in [1.54, 1.807) is 0 Å². The third-order valence-electron chi connectivity index (χ3n) is 1.04. The highest BCUT2D eigenvalue weighted by Crippen LogP contribution is 2.32. The predicted molar refractivity (Wildman–Crippen MR) is 42.4 cm³/mol. The molecule has 7 heteroatoms. The SMILES string of the molecule is C=C(c1n[nH]c(=S)s1)C(F)(F)F. The molecule has 1 heterocycles. The van der Waals surface area contributed by atoms with Crippen molar-refractivity contribution in [2.45, 2.75) is 6.18 Å². The highest BCUT2D eigenvalue weighted by atomic mass is 32.1. The molecule has 0 atom stereocenters. The van der Waals surface area contributed by atoms with Gasteiger partial charge in [-0.1, -0.05) is 17.9 Å². The largest absolute Gasteiger partial charge is 0.418 e. The number of allylic oxidation sites excluding steroid dienone is 1. The zero-order valence-electron chi connectivity index (χ0n) is 5.60. The van der Waals surface area contributed by atoms with Crippen molar-refractivity contribution in [2.75, 3.05) is 0 Å². The summed E-state index contributed by atoms with van der Waals surface area (Å²) in [4.78, 5) is 0. The molecule has 0 fully saturated rings.